The van der Waals surface area contributed by atoms with E-state index in [9.17, 15) is 18.3 Å². The van der Waals surface area contributed by atoms with Gasteiger partial charge in [0.2, 0.25) is 10.0 Å². The van der Waals surface area contributed by atoms with E-state index < -0.39 is 15.6 Å². The normalized spacial score (nSPS) is 32.6. The highest BCUT2D eigenvalue weighted by atomic mass is 32.2. The van der Waals surface area contributed by atoms with Gasteiger partial charge in [0, 0.05) is 24.7 Å². The number of rotatable bonds is 5. The van der Waals surface area contributed by atoms with Crippen molar-refractivity contribution in [1.82, 2.24) is 9.62 Å². The Morgan fingerprint density at radius 2 is 1.85 bits per heavy atom. The van der Waals surface area contributed by atoms with Crippen LogP contribution in [0.3, 0.4) is 0 Å². The molecule has 0 spiro atoms. The van der Waals surface area contributed by atoms with Gasteiger partial charge in [0.15, 0.2) is 0 Å². The molecule has 0 aromatic heterocycles. The number of nitrogens with two attached hydrogens (primary N) is 1. The van der Waals surface area contributed by atoms with Crippen molar-refractivity contribution in [2.24, 2.45) is 17.3 Å². The van der Waals surface area contributed by atoms with E-state index in [2.05, 4.69) is 5.32 Å². The highest BCUT2D eigenvalue weighted by Gasteiger charge is 2.65. The van der Waals surface area contributed by atoms with E-state index in [-0.39, 0.29) is 33.5 Å². The second-order valence-electron chi connectivity index (χ2n) is 11.0. The number of fused-ring (bicyclic) bond motifs is 1. The molecule has 4 bridgehead atoms. The molecule has 34 heavy (non-hydrogen) atoms. The van der Waals surface area contributed by atoms with Crippen molar-refractivity contribution >= 4 is 21.6 Å². The lowest BCUT2D eigenvalue weighted by atomic mass is 9.65. The number of carbonyl (C=O) groups excluding carboxylic acids is 1. The van der Waals surface area contributed by atoms with Gasteiger partial charge in [-0.25, -0.2) is 8.42 Å². The van der Waals surface area contributed by atoms with Gasteiger partial charge in [-0.2, -0.15) is 4.31 Å². The number of carbonyl (C=O) groups is 1. The lowest BCUT2D eigenvalue weighted by Gasteiger charge is -2.44. The molecule has 1 aliphatic heterocycles. The first kappa shape index (κ1) is 22.1. The van der Waals surface area contributed by atoms with Crippen molar-refractivity contribution < 1.29 is 18.3 Å². The summed E-state index contributed by atoms with van der Waals surface area (Å²) in [6, 6.07) is 12.0. The van der Waals surface area contributed by atoms with Crippen molar-refractivity contribution in [1.29, 1.82) is 0 Å². The standard InChI is InChI=1S/C26H31N3O4S/c1-16(25-10-17-8-21(12-25)26(31,11-17)15-25)28-24(30)18-6-7-22(27)23(9-18)34(32,33)29-13-19-4-2-3-5-20(19)14-29/h2-7,9,16-17,21,31H,8,10-15,27H2,1H3,(H,28,30)/t16?,17?,21-,25?,26?/m0/s1. The van der Waals surface area contributed by atoms with E-state index in [1.54, 1.807) is 6.07 Å². The lowest BCUT2D eigenvalue weighted by Crippen LogP contribution is -2.49. The molecule has 0 radical (unpaired) electrons. The summed E-state index contributed by atoms with van der Waals surface area (Å²) in [6.45, 7) is 2.60. The molecule has 4 fully saturated rings. The first-order chi connectivity index (χ1) is 16.1. The van der Waals surface area contributed by atoms with Crippen LogP contribution in [0.1, 0.15) is 60.5 Å². The van der Waals surface area contributed by atoms with E-state index in [0.29, 0.717) is 24.9 Å². The molecular formula is C26H31N3O4S. The maximum absolute atomic E-state index is 13.4. The number of nitrogens with one attached hydrogen (secondary N) is 1. The van der Waals surface area contributed by atoms with Gasteiger partial charge in [-0.1, -0.05) is 24.3 Å². The Bertz CT molecular complexity index is 1270. The smallest absolute Gasteiger partial charge is 0.251 e. The molecule has 8 heteroatoms. The molecule has 7 rings (SSSR count). The Hall–Kier alpha value is -2.42. The minimum absolute atomic E-state index is 0.0343. The van der Waals surface area contributed by atoms with Crippen LogP contribution in [0.2, 0.25) is 0 Å². The average Bonchev–Trinajstić information content (AvgIpc) is 3.38. The number of aliphatic hydroxyl groups is 1. The summed E-state index contributed by atoms with van der Waals surface area (Å²) in [7, 11) is -3.87. The van der Waals surface area contributed by atoms with Crippen molar-refractivity contribution in [3.05, 3.63) is 59.2 Å². The molecule has 1 heterocycles. The third-order valence-corrected chi connectivity index (χ3v) is 10.8. The maximum atomic E-state index is 13.4. The zero-order chi connectivity index (χ0) is 23.9. The Morgan fingerprint density at radius 3 is 2.50 bits per heavy atom. The van der Waals surface area contributed by atoms with E-state index in [1.165, 1.54) is 16.4 Å². The zero-order valence-electron chi connectivity index (χ0n) is 19.3. The third kappa shape index (κ3) is 3.22. The molecule has 4 saturated carbocycles. The fourth-order valence-corrected chi connectivity index (χ4v) is 8.91. The van der Waals surface area contributed by atoms with Gasteiger partial charge in [-0.05, 0) is 85.6 Å². The molecule has 5 atom stereocenters. The fraction of sp³-hybridized carbons (Fsp3) is 0.500. The second kappa shape index (κ2) is 7.29. The largest absolute Gasteiger partial charge is 0.398 e. The van der Waals surface area contributed by atoms with E-state index in [0.717, 1.165) is 43.2 Å². The molecule has 1 amide bonds. The monoisotopic (exact) mass is 481 g/mol. The number of amides is 1. The second-order valence-corrected chi connectivity index (χ2v) is 12.9. The summed E-state index contributed by atoms with van der Waals surface area (Å²) in [5.74, 6) is 0.566. The topological polar surface area (TPSA) is 113 Å². The summed E-state index contributed by atoms with van der Waals surface area (Å²) in [5.41, 5.74) is 7.80. The number of sulfonamides is 1. The number of benzene rings is 2. The van der Waals surface area contributed by atoms with E-state index in [1.807, 2.05) is 31.2 Å². The van der Waals surface area contributed by atoms with Gasteiger partial charge in [-0.15, -0.1) is 0 Å². The first-order valence-corrected chi connectivity index (χ1v) is 13.5. The molecule has 2 aromatic rings. The van der Waals surface area contributed by atoms with Crippen LogP contribution in [-0.2, 0) is 23.1 Å². The van der Waals surface area contributed by atoms with Crippen molar-refractivity contribution in [3.8, 4) is 0 Å². The molecule has 5 aliphatic rings. The lowest BCUT2D eigenvalue weighted by molar-refractivity contribution is -0.0120. The number of anilines is 1. The fourth-order valence-electron chi connectivity index (χ4n) is 7.37. The third-order valence-electron chi connectivity index (χ3n) is 9.00. The van der Waals surface area contributed by atoms with Crippen LogP contribution in [0.15, 0.2) is 47.4 Å². The summed E-state index contributed by atoms with van der Waals surface area (Å²) >= 11 is 0. The zero-order valence-corrected chi connectivity index (χ0v) is 20.1. The summed E-state index contributed by atoms with van der Waals surface area (Å²) < 4.78 is 28.3. The molecule has 4 unspecified atom stereocenters. The Kier molecular flexibility index (Phi) is 4.73. The molecule has 7 nitrogen and oxygen atoms in total. The summed E-state index contributed by atoms with van der Waals surface area (Å²) in [5, 5.41) is 14.1. The Balaban J connectivity index is 1.22. The first-order valence-electron chi connectivity index (χ1n) is 12.1. The van der Waals surface area contributed by atoms with Gasteiger partial charge in [0.25, 0.3) is 5.91 Å². The molecule has 4 aliphatic carbocycles. The van der Waals surface area contributed by atoms with Gasteiger partial charge >= 0.3 is 0 Å². The molecule has 4 N–H and O–H groups in total. The van der Waals surface area contributed by atoms with Crippen LogP contribution in [0.4, 0.5) is 5.69 Å². The van der Waals surface area contributed by atoms with Gasteiger partial charge in [0.1, 0.15) is 4.90 Å². The van der Waals surface area contributed by atoms with Crippen molar-refractivity contribution in [2.45, 2.75) is 68.7 Å². The molecule has 180 valence electrons. The van der Waals surface area contributed by atoms with Crippen LogP contribution < -0.4 is 11.1 Å². The van der Waals surface area contributed by atoms with E-state index in [4.69, 9.17) is 5.73 Å². The van der Waals surface area contributed by atoms with Gasteiger partial charge in [-0.3, -0.25) is 4.79 Å². The van der Waals surface area contributed by atoms with E-state index >= 15 is 0 Å². The molecule has 0 saturated heterocycles. The van der Waals surface area contributed by atoms with Crippen LogP contribution >= 0.6 is 0 Å². The van der Waals surface area contributed by atoms with Crippen molar-refractivity contribution in [3.63, 3.8) is 0 Å². The van der Waals surface area contributed by atoms with Crippen LogP contribution in [0.5, 0.6) is 0 Å². The number of nitrogen functional groups attached to an aromatic ring is 1. The highest BCUT2D eigenvalue weighted by Crippen LogP contribution is 2.67. The van der Waals surface area contributed by atoms with Gasteiger partial charge < -0.3 is 16.2 Å². The predicted molar refractivity (Wildman–Crippen MR) is 128 cm³/mol. The summed E-state index contributed by atoms with van der Waals surface area (Å²) in [4.78, 5) is 13.2. The predicted octanol–water partition coefficient (Wildman–Crippen LogP) is 3.03. The minimum Gasteiger partial charge on any atom is -0.398 e. The number of nitrogens with zero attached hydrogens (tertiary/aromatic N) is 1. The Morgan fingerprint density at radius 1 is 1.15 bits per heavy atom. The number of hydrogen-bond acceptors (Lipinski definition) is 5. The Labute approximate surface area is 200 Å². The van der Waals surface area contributed by atoms with Crippen LogP contribution in [0.25, 0.3) is 0 Å². The maximum Gasteiger partial charge on any atom is 0.251 e. The number of hydrogen-bond donors (Lipinski definition) is 3. The summed E-state index contributed by atoms with van der Waals surface area (Å²) in [6.07, 6.45) is 4.69. The molecule has 2 aromatic carbocycles. The minimum atomic E-state index is -3.87. The van der Waals surface area contributed by atoms with Crippen LogP contribution in [0, 0.1) is 17.3 Å². The quantitative estimate of drug-likeness (QED) is 0.568. The average molecular weight is 482 g/mol. The molecular weight excluding hydrogens is 450 g/mol. The van der Waals surface area contributed by atoms with Gasteiger partial charge in [0.05, 0.1) is 11.3 Å². The highest BCUT2D eigenvalue weighted by molar-refractivity contribution is 7.89. The SMILES string of the molecule is CC(NC(=O)c1ccc(N)c(S(=O)(=O)N2Cc3ccccc3C2)c1)C12CC3C[C@@H](C1)C(O)(C3)C2. The van der Waals surface area contributed by atoms with Crippen molar-refractivity contribution in [2.75, 3.05) is 5.73 Å². The van der Waals surface area contributed by atoms with Crippen LogP contribution in [-0.4, -0.2) is 35.4 Å².